The van der Waals surface area contributed by atoms with Crippen LogP contribution in [-0.4, -0.2) is 0 Å². The molecule has 0 aliphatic rings. The summed E-state index contributed by atoms with van der Waals surface area (Å²) in [6.45, 7) is 0. The fourth-order valence-corrected chi connectivity index (χ4v) is 6.70. The van der Waals surface area contributed by atoms with Gasteiger partial charge in [-0.25, -0.2) is 0 Å². The minimum atomic E-state index is -3.00. The standard InChI is InChI=1S/C30H23OP/c31-32(28-14-8-3-9-15-28,29-20-16-26(17-21-29)24-10-4-1-5-11-24)30-22-18-27(19-23-30)25-12-6-2-7-13-25/h1-23H. The number of hydrogen-bond donors (Lipinski definition) is 0. The summed E-state index contributed by atoms with van der Waals surface area (Å²) in [6.07, 6.45) is 0. The summed E-state index contributed by atoms with van der Waals surface area (Å²) >= 11 is 0. The monoisotopic (exact) mass is 430 g/mol. The summed E-state index contributed by atoms with van der Waals surface area (Å²) < 4.78 is 14.7. The second-order valence-electron chi connectivity index (χ2n) is 7.77. The van der Waals surface area contributed by atoms with Gasteiger partial charge in [-0.05, 0) is 22.3 Å². The first-order valence-corrected chi connectivity index (χ1v) is 12.4. The van der Waals surface area contributed by atoms with Gasteiger partial charge < -0.3 is 4.57 Å². The zero-order valence-electron chi connectivity index (χ0n) is 17.6. The van der Waals surface area contributed by atoms with E-state index >= 15 is 0 Å². The van der Waals surface area contributed by atoms with Gasteiger partial charge in [0.2, 0.25) is 0 Å². The van der Waals surface area contributed by atoms with Gasteiger partial charge in [-0.15, -0.1) is 0 Å². The summed E-state index contributed by atoms with van der Waals surface area (Å²) in [5.74, 6) is 0. The van der Waals surface area contributed by atoms with E-state index in [1.807, 2.05) is 91.0 Å². The second-order valence-corrected chi connectivity index (χ2v) is 10.5. The van der Waals surface area contributed by atoms with Crippen LogP contribution in [0.4, 0.5) is 0 Å². The summed E-state index contributed by atoms with van der Waals surface area (Å²) in [7, 11) is -3.00. The van der Waals surface area contributed by atoms with E-state index in [-0.39, 0.29) is 0 Å². The van der Waals surface area contributed by atoms with Crippen LogP contribution in [0.1, 0.15) is 0 Å². The van der Waals surface area contributed by atoms with Crippen LogP contribution in [0.5, 0.6) is 0 Å². The molecule has 0 heterocycles. The van der Waals surface area contributed by atoms with Crippen LogP contribution in [0.3, 0.4) is 0 Å². The maximum atomic E-state index is 14.7. The summed E-state index contributed by atoms with van der Waals surface area (Å²) in [5.41, 5.74) is 4.54. The SMILES string of the molecule is O=P(c1ccccc1)(c1ccc(-c2ccccc2)cc1)c1ccc(-c2ccccc2)cc1. The fraction of sp³-hybridized carbons (Fsp3) is 0. The Morgan fingerprint density at radius 3 is 0.969 bits per heavy atom. The zero-order chi connectivity index (χ0) is 21.8. The van der Waals surface area contributed by atoms with Gasteiger partial charge in [0.15, 0.2) is 7.14 Å². The average Bonchev–Trinajstić information content (AvgIpc) is 2.90. The van der Waals surface area contributed by atoms with E-state index in [0.29, 0.717) is 0 Å². The van der Waals surface area contributed by atoms with E-state index in [9.17, 15) is 4.57 Å². The smallest absolute Gasteiger partial charge is 0.171 e. The molecule has 0 saturated carbocycles. The van der Waals surface area contributed by atoms with Crippen molar-refractivity contribution in [3.8, 4) is 22.3 Å². The Bertz CT molecular complexity index is 1250. The maximum absolute atomic E-state index is 14.7. The molecule has 0 amide bonds. The second kappa shape index (κ2) is 8.83. The highest BCUT2D eigenvalue weighted by molar-refractivity contribution is 7.85. The van der Waals surface area contributed by atoms with Crippen LogP contribution < -0.4 is 15.9 Å². The molecule has 0 atom stereocenters. The summed E-state index contributed by atoms with van der Waals surface area (Å²) in [4.78, 5) is 0. The first kappa shape index (κ1) is 20.2. The Kier molecular flexibility index (Phi) is 5.58. The van der Waals surface area contributed by atoms with Gasteiger partial charge in [-0.3, -0.25) is 0 Å². The molecule has 32 heavy (non-hydrogen) atoms. The van der Waals surface area contributed by atoms with Crippen LogP contribution in [0, 0.1) is 0 Å². The van der Waals surface area contributed by atoms with E-state index in [4.69, 9.17) is 0 Å². The van der Waals surface area contributed by atoms with Crippen molar-refractivity contribution in [1.29, 1.82) is 0 Å². The van der Waals surface area contributed by atoms with Gasteiger partial charge in [0.25, 0.3) is 0 Å². The topological polar surface area (TPSA) is 17.1 Å². The predicted octanol–water partition coefficient (Wildman–Crippen LogP) is 6.66. The third-order valence-corrected chi connectivity index (χ3v) is 8.87. The van der Waals surface area contributed by atoms with E-state index in [0.717, 1.165) is 38.2 Å². The maximum Gasteiger partial charge on any atom is 0.171 e. The molecule has 0 aliphatic carbocycles. The molecule has 5 rings (SSSR count). The van der Waals surface area contributed by atoms with E-state index in [2.05, 4.69) is 48.5 Å². The number of benzene rings is 5. The Labute approximate surface area is 189 Å². The minimum Gasteiger partial charge on any atom is -0.309 e. The normalized spacial score (nSPS) is 11.2. The van der Waals surface area contributed by atoms with Crippen molar-refractivity contribution in [2.24, 2.45) is 0 Å². The first-order chi connectivity index (χ1) is 15.7. The average molecular weight is 430 g/mol. The highest BCUT2D eigenvalue weighted by Gasteiger charge is 2.29. The Morgan fingerprint density at radius 1 is 0.312 bits per heavy atom. The molecule has 0 spiro atoms. The molecule has 5 aromatic carbocycles. The van der Waals surface area contributed by atoms with Gasteiger partial charge in [0.05, 0.1) is 0 Å². The lowest BCUT2D eigenvalue weighted by Crippen LogP contribution is -2.24. The van der Waals surface area contributed by atoms with E-state index in [1.54, 1.807) is 0 Å². The fourth-order valence-electron chi connectivity index (χ4n) is 4.07. The molecule has 154 valence electrons. The van der Waals surface area contributed by atoms with Gasteiger partial charge in [0.1, 0.15) is 0 Å². The molecular formula is C30H23OP. The van der Waals surface area contributed by atoms with Crippen LogP contribution in [-0.2, 0) is 4.57 Å². The van der Waals surface area contributed by atoms with Crippen molar-refractivity contribution in [1.82, 2.24) is 0 Å². The first-order valence-electron chi connectivity index (χ1n) is 10.7. The number of hydrogen-bond acceptors (Lipinski definition) is 1. The van der Waals surface area contributed by atoms with E-state index in [1.165, 1.54) is 0 Å². The Balaban J connectivity index is 1.59. The third-order valence-electron chi connectivity index (χ3n) is 5.80. The van der Waals surface area contributed by atoms with Gasteiger partial charge in [0, 0.05) is 15.9 Å². The third kappa shape index (κ3) is 3.84. The molecule has 1 nitrogen and oxygen atoms in total. The number of rotatable bonds is 5. The van der Waals surface area contributed by atoms with E-state index < -0.39 is 7.14 Å². The van der Waals surface area contributed by atoms with Crippen molar-refractivity contribution in [3.63, 3.8) is 0 Å². The molecule has 0 bridgehead atoms. The lowest BCUT2D eigenvalue weighted by Gasteiger charge is -2.20. The molecule has 0 aromatic heterocycles. The quantitative estimate of drug-likeness (QED) is 0.285. The Morgan fingerprint density at radius 2 is 0.594 bits per heavy atom. The van der Waals surface area contributed by atoms with Crippen molar-refractivity contribution in [3.05, 3.63) is 140 Å². The zero-order valence-corrected chi connectivity index (χ0v) is 18.5. The largest absolute Gasteiger partial charge is 0.309 e. The molecule has 0 radical (unpaired) electrons. The Hall–Kier alpha value is -3.67. The molecule has 0 aliphatic heterocycles. The highest BCUT2D eigenvalue weighted by Crippen LogP contribution is 2.43. The van der Waals surface area contributed by atoms with Crippen molar-refractivity contribution in [2.45, 2.75) is 0 Å². The predicted molar refractivity (Wildman–Crippen MR) is 137 cm³/mol. The molecular weight excluding hydrogens is 407 g/mol. The molecule has 0 unspecified atom stereocenters. The molecule has 0 fully saturated rings. The lowest BCUT2D eigenvalue weighted by atomic mass is 10.1. The molecule has 0 N–H and O–H groups in total. The minimum absolute atomic E-state index is 0.843. The molecule has 2 heteroatoms. The van der Waals surface area contributed by atoms with Gasteiger partial charge in [-0.2, -0.15) is 0 Å². The van der Waals surface area contributed by atoms with Crippen molar-refractivity contribution >= 4 is 23.1 Å². The van der Waals surface area contributed by atoms with Crippen molar-refractivity contribution < 1.29 is 4.57 Å². The van der Waals surface area contributed by atoms with Crippen LogP contribution in [0.15, 0.2) is 140 Å². The van der Waals surface area contributed by atoms with Crippen molar-refractivity contribution in [2.75, 3.05) is 0 Å². The lowest BCUT2D eigenvalue weighted by molar-refractivity contribution is 0.592. The van der Waals surface area contributed by atoms with Crippen LogP contribution >= 0.6 is 7.14 Å². The van der Waals surface area contributed by atoms with Gasteiger partial charge >= 0.3 is 0 Å². The summed E-state index contributed by atoms with van der Waals surface area (Å²) in [6, 6.07) is 46.7. The highest BCUT2D eigenvalue weighted by atomic mass is 31.2. The molecule has 5 aromatic rings. The summed E-state index contributed by atoms with van der Waals surface area (Å²) in [5, 5.41) is 2.53. The molecule has 0 saturated heterocycles. The van der Waals surface area contributed by atoms with Crippen LogP contribution in [0.25, 0.3) is 22.3 Å². The van der Waals surface area contributed by atoms with Gasteiger partial charge in [-0.1, -0.05) is 140 Å². The van der Waals surface area contributed by atoms with Crippen LogP contribution in [0.2, 0.25) is 0 Å².